The summed E-state index contributed by atoms with van der Waals surface area (Å²) in [5.74, 6) is -0.151. The lowest BCUT2D eigenvalue weighted by atomic mass is 10.1. The van der Waals surface area contributed by atoms with Crippen LogP contribution in [0.15, 0.2) is 41.8 Å². The second kappa shape index (κ2) is 8.71. The number of hydrogen-bond acceptors (Lipinski definition) is 4. The van der Waals surface area contributed by atoms with E-state index in [9.17, 15) is 9.59 Å². The number of nitrogens with zero attached hydrogens (tertiary/aromatic N) is 1. The number of nitrogens with two attached hydrogens (primary N) is 1. The minimum absolute atomic E-state index is 0.137. The van der Waals surface area contributed by atoms with Gasteiger partial charge in [0.25, 0.3) is 0 Å². The SMILES string of the molecule is NC(=O)NC(CC(=O)Nc1ccccc1N1CCCCC1)c1cccs1. The van der Waals surface area contributed by atoms with Gasteiger partial charge in [0.1, 0.15) is 0 Å². The Bertz CT molecular complexity index is 742. The van der Waals surface area contributed by atoms with Gasteiger partial charge in [0.15, 0.2) is 0 Å². The highest BCUT2D eigenvalue weighted by Crippen LogP contribution is 2.29. The van der Waals surface area contributed by atoms with Gasteiger partial charge in [-0.1, -0.05) is 18.2 Å². The van der Waals surface area contributed by atoms with Crippen molar-refractivity contribution in [1.82, 2.24) is 5.32 Å². The first-order valence-electron chi connectivity index (χ1n) is 8.86. The molecule has 26 heavy (non-hydrogen) atoms. The predicted octanol–water partition coefficient (Wildman–Crippen LogP) is 3.48. The smallest absolute Gasteiger partial charge is 0.312 e. The topological polar surface area (TPSA) is 87.5 Å². The van der Waals surface area contributed by atoms with Crippen molar-refractivity contribution in [3.8, 4) is 0 Å². The van der Waals surface area contributed by atoms with Crippen LogP contribution in [0.3, 0.4) is 0 Å². The molecular weight excluding hydrogens is 348 g/mol. The van der Waals surface area contributed by atoms with Gasteiger partial charge in [-0.3, -0.25) is 4.79 Å². The first-order chi connectivity index (χ1) is 12.6. The van der Waals surface area contributed by atoms with Crippen molar-refractivity contribution >= 4 is 34.6 Å². The van der Waals surface area contributed by atoms with E-state index in [1.165, 1.54) is 30.6 Å². The number of thiophene rings is 1. The number of nitrogens with one attached hydrogen (secondary N) is 2. The van der Waals surface area contributed by atoms with E-state index in [1.807, 2.05) is 41.8 Å². The molecule has 6 nitrogen and oxygen atoms in total. The zero-order chi connectivity index (χ0) is 18.4. The van der Waals surface area contributed by atoms with Crippen LogP contribution in [0.5, 0.6) is 0 Å². The molecule has 4 N–H and O–H groups in total. The number of benzene rings is 1. The van der Waals surface area contributed by atoms with E-state index >= 15 is 0 Å². The second-order valence-corrected chi connectivity index (χ2v) is 7.37. The third-order valence-corrected chi connectivity index (χ3v) is 5.45. The molecule has 2 aromatic rings. The molecule has 0 radical (unpaired) electrons. The van der Waals surface area contributed by atoms with Crippen LogP contribution in [0.2, 0.25) is 0 Å². The summed E-state index contributed by atoms with van der Waals surface area (Å²) in [4.78, 5) is 27.1. The van der Waals surface area contributed by atoms with E-state index in [4.69, 9.17) is 5.73 Å². The van der Waals surface area contributed by atoms with Crippen LogP contribution >= 0.6 is 11.3 Å². The summed E-state index contributed by atoms with van der Waals surface area (Å²) in [6.45, 7) is 2.02. The molecule has 1 aromatic carbocycles. The van der Waals surface area contributed by atoms with Gasteiger partial charge in [-0.2, -0.15) is 0 Å². The van der Waals surface area contributed by atoms with Crippen LogP contribution in [0.4, 0.5) is 16.2 Å². The number of carbonyl (C=O) groups is 2. The summed E-state index contributed by atoms with van der Waals surface area (Å²) in [5, 5.41) is 7.57. The van der Waals surface area contributed by atoms with E-state index in [1.54, 1.807) is 0 Å². The number of hydrogen-bond donors (Lipinski definition) is 3. The van der Waals surface area contributed by atoms with Crippen LogP contribution in [-0.4, -0.2) is 25.0 Å². The van der Waals surface area contributed by atoms with Crippen LogP contribution in [0.25, 0.3) is 0 Å². The third-order valence-electron chi connectivity index (χ3n) is 4.47. The normalized spacial score (nSPS) is 15.3. The van der Waals surface area contributed by atoms with E-state index in [2.05, 4.69) is 15.5 Å². The molecule has 1 unspecified atom stereocenters. The van der Waals surface area contributed by atoms with Crippen molar-refractivity contribution in [2.24, 2.45) is 5.73 Å². The van der Waals surface area contributed by atoms with Gasteiger partial charge in [0.2, 0.25) is 5.91 Å². The van der Waals surface area contributed by atoms with Gasteiger partial charge in [0.05, 0.1) is 23.8 Å². The number of amides is 3. The zero-order valence-corrected chi connectivity index (χ0v) is 15.4. The van der Waals surface area contributed by atoms with Crippen molar-refractivity contribution < 1.29 is 9.59 Å². The fourth-order valence-electron chi connectivity index (χ4n) is 3.26. The molecule has 3 amide bonds. The van der Waals surface area contributed by atoms with Crippen molar-refractivity contribution in [2.45, 2.75) is 31.7 Å². The highest BCUT2D eigenvalue weighted by Gasteiger charge is 2.20. The van der Waals surface area contributed by atoms with Gasteiger partial charge in [-0.25, -0.2) is 4.79 Å². The highest BCUT2D eigenvalue weighted by atomic mass is 32.1. The molecule has 1 fully saturated rings. The lowest BCUT2D eigenvalue weighted by Crippen LogP contribution is -2.35. The Morgan fingerprint density at radius 1 is 1.12 bits per heavy atom. The minimum atomic E-state index is -0.634. The van der Waals surface area contributed by atoms with Gasteiger partial charge in [0, 0.05) is 18.0 Å². The lowest BCUT2D eigenvalue weighted by molar-refractivity contribution is -0.116. The van der Waals surface area contributed by atoms with Crippen molar-refractivity contribution in [2.75, 3.05) is 23.3 Å². The Hall–Kier alpha value is -2.54. The van der Waals surface area contributed by atoms with Gasteiger partial charge in [-0.15, -0.1) is 11.3 Å². The number of anilines is 2. The average molecular weight is 372 g/mol. The molecule has 1 aliphatic heterocycles. The lowest BCUT2D eigenvalue weighted by Gasteiger charge is -2.30. The predicted molar refractivity (Wildman–Crippen MR) is 106 cm³/mol. The molecule has 7 heteroatoms. The number of urea groups is 1. The molecule has 1 atom stereocenters. The number of piperidine rings is 1. The summed E-state index contributed by atoms with van der Waals surface area (Å²) in [7, 11) is 0. The van der Waals surface area contributed by atoms with Crippen LogP contribution in [0.1, 0.15) is 36.6 Å². The van der Waals surface area contributed by atoms with Gasteiger partial charge in [-0.05, 0) is 42.8 Å². The van der Waals surface area contributed by atoms with Crippen LogP contribution < -0.4 is 21.3 Å². The quantitative estimate of drug-likeness (QED) is 0.725. The van der Waals surface area contributed by atoms with Crippen LogP contribution in [0, 0.1) is 0 Å². The summed E-state index contributed by atoms with van der Waals surface area (Å²) in [6, 6.07) is 10.6. The molecule has 0 saturated carbocycles. The fraction of sp³-hybridized carbons (Fsp3) is 0.368. The Morgan fingerprint density at radius 2 is 1.88 bits per heavy atom. The molecule has 138 valence electrons. The summed E-state index contributed by atoms with van der Waals surface area (Å²) >= 11 is 1.49. The first-order valence-corrected chi connectivity index (χ1v) is 9.74. The Morgan fingerprint density at radius 3 is 2.58 bits per heavy atom. The number of carbonyl (C=O) groups excluding carboxylic acids is 2. The standard InChI is InChI=1S/C19H24N4O2S/c20-19(25)22-15(17-9-6-12-26-17)13-18(24)21-14-7-2-3-8-16(14)23-10-4-1-5-11-23/h2-3,6-9,12,15H,1,4-5,10-11,13H2,(H,21,24)(H3,20,22,25). The van der Waals surface area contributed by atoms with Crippen molar-refractivity contribution in [3.63, 3.8) is 0 Å². The zero-order valence-electron chi connectivity index (χ0n) is 14.6. The molecule has 0 aliphatic carbocycles. The monoisotopic (exact) mass is 372 g/mol. The minimum Gasteiger partial charge on any atom is -0.370 e. The molecular formula is C19H24N4O2S. The van der Waals surface area contributed by atoms with E-state index < -0.39 is 12.1 Å². The maximum absolute atomic E-state index is 12.6. The van der Waals surface area contributed by atoms with Crippen molar-refractivity contribution in [1.29, 1.82) is 0 Å². The fourth-order valence-corrected chi connectivity index (χ4v) is 4.04. The Kier molecular flexibility index (Phi) is 6.12. The van der Waals surface area contributed by atoms with Gasteiger partial charge >= 0.3 is 6.03 Å². The number of para-hydroxylation sites is 2. The molecule has 0 bridgehead atoms. The Balaban J connectivity index is 1.70. The highest BCUT2D eigenvalue weighted by molar-refractivity contribution is 7.10. The van der Waals surface area contributed by atoms with E-state index in [0.717, 1.165) is 29.3 Å². The van der Waals surface area contributed by atoms with E-state index in [0.29, 0.717) is 0 Å². The molecule has 3 rings (SSSR count). The third kappa shape index (κ3) is 4.76. The van der Waals surface area contributed by atoms with Gasteiger partial charge < -0.3 is 21.3 Å². The Labute approximate surface area is 157 Å². The summed E-state index contributed by atoms with van der Waals surface area (Å²) < 4.78 is 0. The molecule has 1 aliphatic rings. The molecule has 0 spiro atoms. The van der Waals surface area contributed by atoms with E-state index in [-0.39, 0.29) is 12.3 Å². The summed E-state index contributed by atoms with van der Waals surface area (Å²) in [6.07, 6.45) is 3.74. The summed E-state index contributed by atoms with van der Waals surface area (Å²) in [5.41, 5.74) is 7.13. The molecule has 2 heterocycles. The average Bonchev–Trinajstić information content (AvgIpc) is 3.17. The van der Waals surface area contributed by atoms with Crippen molar-refractivity contribution in [3.05, 3.63) is 46.7 Å². The maximum atomic E-state index is 12.6. The maximum Gasteiger partial charge on any atom is 0.312 e. The molecule has 1 saturated heterocycles. The number of rotatable bonds is 6. The largest absolute Gasteiger partial charge is 0.370 e. The molecule has 1 aromatic heterocycles. The second-order valence-electron chi connectivity index (χ2n) is 6.39. The van der Waals surface area contributed by atoms with Crippen LogP contribution in [-0.2, 0) is 4.79 Å². The first kappa shape index (κ1) is 18.3. The number of primary amides is 1.